The van der Waals surface area contributed by atoms with Crippen molar-refractivity contribution in [1.82, 2.24) is 14.8 Å². The van der Waals surface area contributed by atoms with Gasteiger partial charge in [-0.15, -0.1) is 16.8 Å². The van der Waals surface area contributed by atoms with E-state index in [0.29, 0.717) is 24.7 Å². The Morgan fingerprint density at radius 1 is 1.45 bits per heavy atom. The number of benzene rings is 1. The second kappa shape index (κ2) is 6.50. The lowest BCUT2D eigenvalue weighted by molar-refractivity contribution is -0.0171. The van der Waals surface area contributed by atoms with Crippen LogP contribution < -0.4 is 4.74 Å². The van der Waals surface area contributed by atoms with Crippen molar-refractivity contribution in [2.75, 3.05) is 6.79 Å². The molecule has 7 heteroatoms. The average Bonchev–Trinajstić information content (AvgIpc) is 2.86. The summed E-state index contributed by atoms with van der Waals surface area (Å²) in [5, 5.41) is 9.00. The van der Waals surface area contributed by atoms with Gasteiger partial charge >= 0.3 is 0 Å². The standard InChI is InChI=1S/C15H16FN3O2S/c1-3-4-19-10(2)17-18-15(19)22-8-12-6-13(16)5-11-7-20-9-21-14(11)12/h3,5-6H,1,4,7-9H2,2H3. The van der Waals surface area contributed by atoms with E-state index in [1.54, 1.807) is 6.08 Å². The van der Waals surface area contributed by atoms with Crippen LogP contribution in [0.5, 0.6) is 5.75 Å². The number of hydrogen-bond donors (Lipinski definition) is 0. The van der Waals surface area contributed by atoms with Crippen LogP contribution in [0.3, 0.4) is 0 Å². The van der Waals surface area contributed by atoms with Gasteiger partial charge in [-0.1, -0.05) is 17.8 Å². The van der Waals surface area contributed by atoms with E-state index in [-0.39, 0.29) is 12.6 Å². The van der Waals surface area contributed by atoms with E-state index in [9.17, 15) is 4.39 Å². The van der Waals surface area contributed by atoms with Crippen LogP contribution in [0.2, 0.25) is 0 Å². The first-order valence-corrected chi connectivity index (χ1v) is 7.83. The SMILES string of the molecule is C=CCn1c(C)nnc1SCc1cc(F)cc2c1OCOC2. The first-order chi connectivity index (χ1) is 10.7. The number of aromatic nitrogens is 3. The van der Waals surface area contributed by atoms with Gasteiger partial charge < -0.3 is 14.0 Å². The van der Waals surface area contributed by atoms with Crippen LogP contribution in [-0.4, -0.2) is 21.6 Å². The fourth-order valence-corrected chi connectivity index (χ4v) is 3.27. The zero-order valence-corrected chi connectivity index (χ0v) is 13.0. The van der Waals surface area contributed by atoms with Crippen LogP contribution in [0, 0.1) is 12.7 Å². The Balaban J connectivity index is 1.82. The van der Waals surface area contributed by atoms with Crippen molar-refractivity contribution in [2.45, 2.75) is 31.0 Å². The van der Waals surface area contributed by atoms with Crippen LogP contribution in [0.25, 0.3) is 0 Å². The molecule has 1 aromatic carbocycles. The van der Waals surface area contributed by atoms with Gasteiger partial charge in [0.1, 0.15) is 17.4 Å². The van der Waals surface area contributed by atoms with Crippen molar-refractivity contribution < 1.29 is 13.9 Å². The number of allylic oxidation sites excluding steroid dienone is 1. The molecule has 116 valence electrons. The van der Waals surface area contributed by atoms with E-state index >= 15 is 0 Å². The lowest BCUT2D eigenvalue weighted by Gasteiger charge is -2.20. The predicted molar refractivity (Wildman–Crippen MR) is 81.2 cm³/mol. The molecule has 0 amide bonds. The third-order valence-electron chi connectivity index (χ3n) is 3.32. The van der Waals surface area contributed by atoms with Gasteiger partial charge in [0.2, 0.25) is 0 Å². The highest BCUT2D eigenvalue weighted by Crippen LogP contribution is 2.33. The Morgan fingerprint density at radius 2 is 2.32 bits per heavy atom. The van der Waals surface area contributed by atoms with E-state index in [1.165, 1.54) is 23.9 Å². The fourth-order valence-electron chi connectivity index (χ4n) is 2.31. The molecule has 0 fully saturated rings. The van der Waals surface area contributed by atoms with Gasteiger partial charge in [-0.3, -0.25) is 0 Å². The van der Waals surface area contributed by atoms with E-state index in [1.807, 2.05) is 11.5 Å². The second-order valence-electron chi connectivity index (χ2n) is 4.88. The maximum absolute atomic E-state index is 13.7. The van der Waals surface area contributed by atoms with Gasteiger partial charge in [0.25, 0.3) is 0 Å². The molecule has 0 saturated heterocycles. The molecule has 1 aliphatic heterocycles. The number of rotatable bonds is 5. The maximum Gasteiger partial charge on any atom is 0.191 e. The molecule has 0 N–H and O–H groups in total. The fraction of sp³-hybridized carbons (Fsp3) is 0.333. The third-order valence-corrected chi connectivity index (χ3v) is 4.34. The Hall–Kier alpha value is -1.86. The Labute approximate surface area is 132 Å². The molecule has 22 heavy (non-hydrogen) atoms. The molecule has 0 saturated carbocycles. The molecule has 2 heterocycles. The lowest BCUT2D eigenvalue weighted by Crippen LogP contribution is -2.13. The molecule has 1 aliphatic rings. The van der Waals surface area contributed by atoms with Gasteiger partial charge in [-0.25, -0.2) is 4.39 Å². The van der Waals surface area contributed by atoms with Crippen LogP contribution in [-0.2, 0) is 23.6 Å². The molecule has 1 aromatic heterocycles. The molecule has 0 spiro atoms. The van der Waals surface area contributed by atoms with Crippen LogP contribution in [0.4, 0.5) is 4.39 Å². The first-order valence-electron chi connectivity index (χ1n) is 6.84. The van der Waals surface area contributed by atoms with E-state index in [2.05, 4.69) is 16.8 Å². The monoisotopic (exact) mass is 321 g/mol. The van der Waals surface area contributed by atoms with Gasteiger partial charge in [-0.05, 0) is 19.1 Å². The number of halogens is 1. The predicted octanol–water partition coefficient (Wildman–Crippen LogP) is 3.07. The molecule has 5 nitrogen and oxygen atoms in total. The molecule has 0 atom stereocenters. The summed E-state index contributed by atoms with van der Waals surface area (Å²) in [6.45, 7) is 6.84. The molecule has 2 aromatic rings. The summed E-state index contributed by atoms with van der Waals surface area (Å²) in [6.07, 6.45) is 1.80. The number of fused-ring (bicyclic) bond motifs is 1. The summed E-state index contributed by atoms with van der Waals surface area (Å²) in [4.78, 5) is 0. The van der Waals surface area contributed by atoms with Crippen molar-refractivity contribution in [3.05, 3.63) is 47.6 Å². The van der Waals surface area contributed by atoms with Crippen molar-refractivity contribution >= 4 is 11.8 Å². The smallest absolute Gasteiger partial charge is 0.191 e. The lowest BCUT2D eigenvalue weighted by atomic mass is 10.1. The van der Waals surface area contributed by atoms with Crippen LogP contribution in [0.1, 0.15) is 17.0 Å². The largest absolute Gasteiger partial charge is 0.467 e. The van der Waals surface area contributed by atoms with Crippen molar-refractivity contribution in [3.63, 3.8) is 0 Å². The summed E-state index contributed by atoms with van der Waals surface area (Å²) in [5.41, 5.74) is 1.54. The minimum absolute atomic E-state index is 0.196. The normalized spacial score (nSPS) is 13.5. The van der Waals surface area contributed by atoms with Gasteiger partial charge in [0.15, 0.2) is 11.9 Å². The number of hydrogen-bond acceptors (Lipinski definition) is 5. The molecule has 0 bridgehead atoms. The van der Waals surface area contributed by atoms with Crippen molar-refractivity contribution in [3.8, 4) is 5.75 Å². The van der Waals surface area contributed by atoms with E-state index in [4.69, 9.17) is 9.47 Å². The highest BCUT2D eigenvalue weighted by atomic mass is 32.2. The topological polar surface area (TPSA) is 49.2 Å². The summed E-state index contributed by atoms with van der Waals surface area (Å²) in [7, 11) is 0. The second-order valence-corrected chi connectivity index (χ2v) is 5.82. The molecule has 3 rings (SSSR count). The molecular formula is C15H16FN3O2S. The zero-order chi connectivity index (χ0) is 15.5. The Bertz CT molecular complexity index is 702. The minimum Gasteiger partial charge on any atom is -0.467 e. The highest BCUT2D eigenvalue weighted by Gasteiger charge is 2.18. The number of ether oxygens (including phenoxy) is 2. The molecule has 0 aliphatic carbocycles. The van der Waals surface area contributed by atoms with Gasteiger partial charge in [0, 0.05) is 23.4 Å². The van der Waals surface area contributed by atoms with Gasteiger partial charge in [-0.2, -0.15) is 0 Å². The highest BCUT2D eigenvalue weighted by molar-refractivity contribution is 7.98. The van der Waals surface area contributed by atoms with Crippen LogP contribution in [0.15, 0.2) is 29.9 Å². The van der Waals surface area contributed by atoms with E-state index < -0.39 is 0 Å². The number of nitrogens with zero attached hydrogens (tertiary/aromatic N) is 3. The zero-order valence-electron chi connectivity index (χ0n) is 12.2. The molecule has 0 unspecified atom stereocenters. The first kappa shape index (κ1) is 15.1. The number of aryl methyl sites for hydroxylation is 1. The Kier molecular flexibility index (Phi) is 4.44. The van der Waals surface area contributed by atoms with Crippen molar-refractivity contribution in [1.29, 1.82) is 0 Å². The molecule has 0 radical (unpaired) electrons. The number of thioether (sulfide) groups is 1. The quantitative estimate of drug-likeness (QED) is 0.626. The van der Waals surface area contributed by atoms with Gasteiger partial charge in [0.05, 0.1) is 6.61 Å². The van der Waals surface area contributed by atoms with Crippen LogP contribution >= 0.6 is 11.8 Å². The summed E-state index contributed by atoms with van der Waals surface area (Å²) in [5.74, 6) is 1.81. The Morgan fingerprint density at radius 3 is 3.14 bits per heavy atom. The van der Waals surface area contributed by atoms with E-state index in [0.717, 1.165) is 22.1 Å². The average molecular weight is 321 g/mol. The minimum atomic E-state index is -0.285. The summed E-state index contributed by atoms with van der Waals surface area (Å²) < 4.78 is 26.4. The maximum atomic E-state index is 13.7. The summed E-state index contributed by atoms with van der Waals surface area (Å²) >= 11 is 1.50. The third kappa shape index (κ3) is 3.00. The summed E-state index contributed by atoms with van der Waals surface area (Å²) in [6, 6.07) is 2.95. The van der Waals surface area contributed by atoms with Crippen molar-refractivity contribution in [2.24, 2.45) is 0 Å². The molecular weight excluding hydrogens is 305 g/mol.